The highest BCUT2D eigenvalue weighted by molar-refractivity contribution is 8.00. The summed E-state index contributed by atoms with van der Waals surface area (Å²) in [6, 6.07) is 20.4. The predicted molar refractivity (Wildman–Crippen MR) is 154 cm³/mol. The minimum absolute atomic E-state index is 0.340. The molecule has 2 aliphatic heterocycles. The molecule has 1 N–H and O–H groups in total. The number of amides is 3. The van der Waals surface area contributed by atoms with E-state index >= 15 is 0 Å². The van der Waals surface area contributed by atoms with Crippen LogP contribution in [0.25, 0.3) is 0 Å². The summed E-state index contributed by atoms with van der Waals surface area (Å²) in [6.07, 6.45) is -4.79. The number of benzene rings is 3. The molecule has 0 spiro atoms. The number of thiazole rings is 1. The van der Waals surface area contributed by atoms with Gasteiger partial charge in [0.15, 0.2) is 0 Å². The molecule has 1 saturated heterocycles. The van der Waals surface area contributed by atoms with Crippen molar-refractivity contribution >= 4 is 52.2 Å². The highest BCUT2D eigenvalue weighted by atomic mass is 32.2. The molecule has 1 aromatic heterocycles. The number of nitrogens with one attached hydrogen (secondary N) is 1. The van der Waals surface area contributed by atoms with E-state index in [9.17, 15) is 32.3 Å². The number of hydrogen-bond acceptors (Lipinski definition) is 6. The van der Waals surface area contributed by atoms with Crippen molar-refractivity contribution in [1.29, 1.82) is 0 Å². The lowest BCUT2D eigenvalue weighted by Gasteiger charge is -2.30. The van der Waals surface area contributed by atoms with Gasteiger partial charge in [-0.1, -0.05) is 77.7 Å². The average Bonchev–Trinajstić information content (AvgIpc) is 3.39. The van der Waals surface area contributed by atoms with Crippen molar-refractivity contribution in [2.75, 3.05) is 10.2 Å². The van der Waals surface area contributed by atoms with Crippen LogP contribution in [-0.2, 0) is 27.1 Å². The SMILES string of the molecule is Cc1cccc(NC(=O)Cn2c3c(sc2=O)[C@H](c2ccccc2)C2C(=O)N(c4ccccc4C(F)(F)F)C(=O)C2S3)c1. The maximum Gasteiger partial charge on any atom is 0.418 e. The van der Waals surface area contributed by atoms with Crippen molar-refractivity contribution in [3.05, 3.63) is 110 Å². The Morgan fingerprint density at radius 3 is 2.36 bits per heavy atom. The number of nitrogens with zero attached hydrogens (tertiary/aromatic N) is 2. The number of thioether (sulfide) groups is 1. The Balaban J connectivity index is 1.42. The Morgan fingerprint density at radius 1 is 0.929 bits per heavy atom. The van der Waals surface area contributed by atoms with Gasteiger partial charge in [-0.2, -0.15) is 13.2 Å². The molecule has 3 amide bonds. The Hall–Kier alpha value is -4.16. The van der Waals surface area contributed by atoms with Crippen LogP contribution < -0.4 is 15.1 Å². The first-order chi connectivity index (χ1) is 20.0. The molecule has 3 atom stereocenters. The Morgan fingerprint density at radius 2 is 1.64 bits per heavy atom. The third-order valence-electron chi connectivity index (χ3n) is 7.26. The lowest BCUT2D eigenvalue weighted by atomic mass is 9.83. The van der Waals surface area contributed by atoms with E-state index in [1.807, 2.05) is 13.0 Å². The van der Waals surface area contributed by atoms with Crippen molar-refractivity contribution in [1.82, 2.24) is 4.57 Å². The van der Waals surface area contributed by atoms with E-state index in [2.05, 4.69) is 5.32 Å². The second kappa shape index (κ2) is 10.6. The second-order valence-corrected chi connectivity index (χ2v) is 12.1. The molecule has 0 aliphatic carbocycles. The van der Waals surface area contributed by atoms with Crippen LogP contribution >= 0.6 is 23.1 Å². The first-order valence-electron chi connectivity index (χ1n) is 12.9. The lowest BCUT2D eigenvalue weighted by molar-refractivity contribution is -0.137. The smallest absolute Gasteiger partial charge is 0.325 e. The number of aryl methyl sites for hydroxylation is 1. The summed E-state index contributed by atoms with van der Waals surface area (Å²) >= 11 is 1.82. The van der Waals surface area contributed by atoms with E-state index in [1.165, 1.54) is 16.7 Å². The summed E-state index contributed by atoms with van der Waals surface area (Å²) in [7, 11) is 0. The number of halogens is 3. The number of imide groups is 1. The Bertz CT molecular complexity index is 1780. The number of alkyl halides is 3. The summed E-state index contributed by atoms with van der Waals surface area (Å²) in [4.78, 5) is 54.6. The number of rotatable bonds is 5. The van der Waals surface area contributed by atoms with Crippen molar-refractivity contribution in [3.8, 4) is 0 Å². The fourth-order valence-electron chi connectivity index (χ4n) is 5.49. The maximum atomic E-state index is 13.9. The van der Waals surface area contributed by atoms with Crippen LogP contribution in [0.3, 0.4) is 0 Å². The number of carbonyl (C=O) groups is 3. The summed E-state index contributed by atoms with van der Waals surface area (Å²) in [5.41, 5.74) is 0.513. The van der Waals surface area contributed by atoms with Crippen molar-refractivity contribution in [2.45, 2.75) is 35.8 Å². The molecule has 0 radical (unpaired) electrons. The van der Waals surface area contributed by atoms with E-state index in [-0.39, 0.29) is 6.54 Å². The van der Waals surface area contributed by atoms with E-state index in [4.69, 9.17) is 0 Å². The highest BCUT2D eigenvalue weighted by Crippen LogP contribution is 2.54. The molecular weight excluding hydrogens is 587 g/mol. The molecule has 12 heteroatoms. The van der Waals surface area contributed by atoms with Crippen LogP contribution in [0.4, 0.5) is 24.5 Å². The Kier molecular flexibility index (Phi) is 7.06. The summed E-state index contributed by atoms with van der Waals surface area (Å²) in [5, 5.41) is 2.02. The van der Waals surface area contributed by atoms with Crippen LogP contribution in [0.15, 0.2) is 88.7 Å². The fourth-order valence-corrected chi connectivity index (χ4v) is 8.26. The van der Waals surface area contributed by atoms with Gasteiger partial charge in [-0.3, -0.25) is 23.7 Å². The molecule has 42 heavy (non-hydrogen) atoms. The van der Waals surface area contributed by atoms with Gasteiger partial charge >= 0.3 is 11.0 Å². The van der Waals surface area contributed by atoms with Crippen molar-refractivity contribution in [2.24, 2.45) is 5.92 Å². The van der Waals surface area contributed by atoms with E-state index in [0.29, 0.717) is 26.1 Å². The van der Waals surface area contributed by atoms with Crippen molar-refractivity contribution in [3.63, 3.8) is 0 Å². The van der Waals surface area contributed by atoms with E-state index in [0.717, 1.165) is 40.8 Å². The first-order valence-corrected chi connectivity index (χ1v) is 14.6. The van der Waals surface area contributed by atoms with Gasteiger partial charge in [0.1, 0.15) is 11.8 Å². The zero-order valence-electron chi connectivity index (χ0n) is 21.9. The van der Waals surface area contributed by atoms with Gasteiger partial charge in [-0.15, -0.1) is 0 Å². The number of hydrogen-bond donors (Lipinski definition) is 1. The van der Waals surface area contributed by atoms with Crippen LogP contribution in [0, 0.1) is 12.8 Å². The maximum absolute atomic E-state index is 13.9. The third-order valence-corrected chi connectivity index (χ3v) is 9.87. The van der Waals surface area contributed by atoms with Gasteiger partial charge in [0.25, 0.3) is 0 Å². The van der Waals surface area contributed by atoms with E-state index < -0.39 is 57.1 Å². The van der Waals surface area contributed by atoms with Gasteiger partial charge < -0.3 is 5.32 Å². The quantitative estimate of drug-likeness (QED) is 0.295. The second-order valence-electron chi connectivity index (χ2n) is 10.0. The fraction of sp³-hybridized carbons (Fsp3) is 0.200. The predicted octanol–water partition coefficient (Wildman–Crippen LogP) is 5.67. The number of anilines is 2. The highest BCUT2D eigenvalue weighted by Gasteiger charge is 2.57. The minimum atomic E-state index is -4.79. The number of para-hydroxylation sites is 1. The molecule has 3 heterocycles. The molecule has 1 fully saturated rings. The number of fused-ring (bicyclic) bond motifs is 2. The number of carbonyl (C=O) groups excluding carboxylic acids is 3. The molecule has 6 rings (SSSR count). The van der Waals surface area contributed by atoms with Crippen LogP contribution in [0.2, 0.25) is 0 Å². The molecule has 7 nitrogen and oxygen atoms in total. The first kappa shape index (κ1) is 28.0. The molecular formula is C30H22F3N3O4S2. The van der Waals surface area contributed by atoms with Crippen LogP contribution in [0.5, 0.6) is 0 Å². The zero-order chi connectivity index (χ0) is 29.8. The van der Waals surface area contributed by atoms with Crippen LogP contribution in [0.1, 0.15) is 27.5 Å². The lowest BCUT2D eigenvalue weighted by Crippen LogP contribution is -2.33. The van der Waals surface area contributed by atoms with Gasteiger partial charge in [0.2, 0.25) is 17.7 Å². The van der Waals surface area contributed by atoms with E-state index in [1.54, 1.807) is 48.5 Å². The minimum Gasteiger partial charge on any atom is -0.325 e. The molecule has 0 saturated carbocycles. The average molecular weight is 610 g/mol. The van der Waals surface area contributed by atoms with Gasteiger partial charge in [0.05, 0.1) is 22.2 Å². The number of aromatic nitrogens is 1. The topological polar surface area (TPSA) is 88.5 Å². The normalized spacial score (nSPS) is 19.9. The Labute approximate surface area is 246 Å². The van der Waals surface area contributed by atoms with Crippen molar-refractivity contribution < 1.29 is 27.6 Å². The largest absolute Gasteiger partial charge is 0.418 e. The molecule has 4 aromatic rings. The molecule has 0 bridgehead atoms. The zero-order valence-corrected chi connectivity index (χ0v) is 23.6. The van der Waals surface area contributed by atoms with Gasteiger partial charge in [-0.05, 0) is 42.3 Å². The van der Waals surface area contributed by atoms with Crippen LogP contribution in [-0.4, -0.2) is 27.5 Å². The summed E-state index contributed by atoms with van der Waals surface area (Å²) < 4.78 is 43.0. The standard InChI is InChI=1S/C30H22F3N3O4S2/c1-16-8-7-11-18(14-16)34-21(37)15-35-28-25(42-29(35)40)22(17-9-3-2-4-10-17)23-24(41-28)27(39)36(26(23)38)20-13-6-5-12-19(20)30(31,32)33/h2-14,22-24H,15H2,1H3,(H,34,37)/t22-,23?,24?/m1/s1. The molecule has 2 unspecified atom stereocenters. The van der Waals surface area contributed by atoms with Gasteiger partial charge in [0, 0.05) is 16.5 Å². The van der Waals surface area contributed by atoms with Gasteiger partial charge in [-0.25, -0.2) is 4.90 Å². The monoisotopic (exact) mass is 609 g/mol. The molecule has 3 aromatic carbocycles. The molecule has 214 valence electrons. The third kappa shape index (κ3) is 4.84. The summed E-state index contributed by atoms with van der Waals surface area (Å²) in [6.45, 7) is 1.54. The molecule has 2 aliphatic rings. The summed E-state index contributed by atoms with van der Waals surface area (Å²) in [5.74, 6) is -3.85.